The van der Waals surface area contributed by atoms with Crippen LogP contribution in [0.2, 0.25) is 0 Å². The zero-order chi connectivity index (χ0) is 11.9. The fourth-order valence-corrected chi connectivity index (χ4v) is 3.89. The van der Waals surface area contributed by atoms with Gasteiger partial charge in [-0.15, -0.1) is 0 Å². The summed E-state index contributed by atoms with van der Waals surface area (Å²) in [4.78, 5) is 24.5. The monoisotopic (exact) mass is 246 g/mol. The van der Waals surface area contributed by atoms with Crippen molar-refractivity contribution in [3.05, 3.63) is 0 Å². The lowest BCUT2D eigenvalue weighted by Crippen LogP contribution is -2.59. The molecule has 0 radical (unpaired) electrons. The van der Waals surface area contributed by atoms with Crippen molar-refractivity contribution in [1.82, 2.24) is 10.2 Å². The second kappa shape index (κ2) is 3.73. The molecule has 2 unspecified atom stereocenters. The third-order valence-electron chi connectivity index (χ3n) is 2.99. The molecule has 2 fully saturated rings. The Morgan fingerprint density at radius 2 is 2.06 bits per heavy atom. The molecule has 0 aromatic rings. The molecular formula is C9H14N2O4S. The van der Waals surface area contributed by atoms with Gasteiger partial charge in [-0.1, -0.05) is 0 Å². The summed E-state index contributed by atoms with van der Waals surface area (Å²) in [6.07, 6.45) is 0.439. The van der Waals surface area contributed by atoms with Crippen LogP contribution in [0, 0.1) is 0 Å². The third-order valence-corrected chi connectivity index (χ3v) is 4.74. The van der Waals surface area contributed by atoms with Crippen LogP contribution in [0.5, 0.6) is 0 Å². The number of hydrogen-bond acceptors (Lipinski definition) is 4. The maximum absolute atomic E-state index is 11.8. The topological polar surface area (TPSA) is 83.6 Å². The van der Waals surface area contributed by atoms with Crippen LogP contribution in [0.3, 0.4) is 0 Å². The van der Waals surface area contributed by atoms with Gasteiger partial charge in [0.15, 0.2) is 9.84 Å². The Morgan fingerprint density at radius 1 is 1.38 bits per heavy atom. The SMILES string of the molecule is CC1NC(=O)CN(C2CCS(=O)(=O)C2)C1=O. The quantitative estimate of drug-likeness (QED) is 0.611. The first-order valence-corrected chi connectivity index (χ1v) is 7.01. The highest BCUT2D eigenvalue weighted by molar-refractivity contribution is 7.91. The van der Waals surface area contributed by atoms with Gasteiger partial charge in [-0.3, -0.25) is 9.59 Å². The predicted molar refractivity (Wildman–Crippen MR) is 56.4 cm³/mol. The fourth-order valence-electron chi connectivity index (χ4n) is 2.16. The van der Waals surface area contributed by atoms with Gasteiger partial charge < -0.3 is 10.2 Å². The third kappa shape index (κ3) is 2.04. The maximum Gasteiger partial charge on any atom is 0.245 e. The standard InChI is InChI=1S/C9H14N2O4S/c1-6-9(13)11(4-8(12)10-6)7-2-3-16(14,15)5-7/h6-7H,2-5H2,1H3,(H,10,12). The number of hydrogen-bond donors (Lipinski definition) is 1. The van der Waals surface area contributed by atoms with Crippen LogP contribution >= 0.6 is 0 Å². The van der Waals surface area contributed by atoms with Crippen LogP contribution in [-0.4, -0.2) is 55.3 Å². The van der Waals surface area contributed by atoms with Gasteiger partial charge in [-0.25, -0.2) is 8.42 Å². The van der Waals surface area contributed by atoms with Gasteiger partial charge in [0.2, 0.25) is 11.8 Å². The van der Waals surface area contributed by atoms with E-state index in [-0.39, 0.29) is 35.9 Å². The molecular weight excluding hydrogens is 232 g/mol. The van der Waals surface area contributed by atoms with E-state index in [9.17, 15) is 18.0 Å². The maximum atomic E-state index is 11.8. The molecule has 0 spiro atoms. The van der Waals surface area contributed by atoms with Gasteiger partial charge in [-0.2, -0.15) is 0 Å². The fraction of sp³-hybridized carbons (Fsp3) is 0.778. The van der Waals surface area contributed by atoms with Crippen LogP contribution in [0.4, 0.5) is 0 Å². The van der Waals surface area contributed by atoms with E-state index in [1.165, 1.54) is 4.90 Å². The molecule has 0 aromatic heterocycles. The lowest BCUT2D eigenvalue weighted by atomic mass is 10.1. The summed E-state index contributed by atoms with van der Waals surface area (Å²) >= 11 is 0. The predicted octanol–water partition coefficient (Wildman–Crippen LogP) is -1.48. The molecule has 0 saturated carbocycles. The molecule has 2 heterocycles. The zero-order valence-electron chi connectivity index (χ0n) is 8.97. The summed E-state index contributed by atoms with van der Waals surface area (Å²) in [6, 6.07) is -0.879. The molecule has 0 aromatic carbocycles. The second-order valence-corrected chi connectivity index (χ2v) is 6.54. The smallest absolute Gasteiger partial charge is 0.245 e. The Kier molecular flexibility index (Phi) is 2.65. The molecule has 0 bridgehead atoms. The molecule has 7 heteroatoms. The van der Waals surface area contributed by atoms with Crippen molar-refractivity contribution in [3.8, 4) is 0 Å². The Bertz CT molecular complexity index is 431. The van der Waals surface area contributed by atoms with E-state index in [0.717, 1.165) is 0 Å². The molecule has 2 aliphatic rings. The molecule has 2 saturated heterocycles. The van der Waals surface area contributed by atoms with Crippen molar-refractivity contribution >= 4 is 21.7 Å². The van der Waals surface area contributed by atoms with E-state index < -0.39 is 15.9 Å². The highest BCUT2D eigenvalue weighted by Gasteiger charge is 2.39. The van der Waals surface area contributed by atoms with Gasteiger partial charge in [-0.05, 0) is 13.3 Å². The summed E-state index contributed by atoms with van der Waals surface area (Å²) in [5.74, 6) is -0.325. The number of nitrogens with one attached hydrogen (secondary N) is 1. The molecule has 2 rings (SSSR count). The number of carbonyl (C=O) groups is 2. The number of piperazine rings is 1. The van der Waals surface area contributed by atoms with Crippen LogP contribution < -0.4 is 5.32 Å². The summed E-state index contributed by atoms with van der Waals surface area (Å²) in [7, 11) is -3.03. The first kappa shape index (κ1) is 11.4. The molecule has 2 atom stereocenters. The van der Waals surface area contributed by atoms with E-state index >= 15 is 0 Å². The Labute approximate surface area is 93.9 Å². The number of amides is 2. The molecule has 2 amide bonds. The largest absolute Gasteiger partial charge is 0.343 e. The first-order chi connectivity index (χ1) is 7.39. The highest BCUT2D eigenvalue weighted by atomic mass is 32.2. The highest BCUT2D eigenvalue weighted by Crippen LogP contribution is 2.19. The number of sulfone groups is 1. The average Bonchev–Trinajstić information content (AvgIpc) is 2.52. The van der Waals surface area contributed by atoms with Crippen LogP contribution in [-0.2, 0) is 19.4 Å². The van der Waals surface area contributed by atoms with Gasteiger partial charge in [0.05, 0.1) is 18.1 Å². The minimum atomic E-state index is -3.03. The molecule has 90 valence electrons. The average molecular weight is 246 g/mol. The summed E-state index contributed by atoms with van der Waals surface area (Å²) < 4.78 is 22.6. The minimum absolute atomic E-state index is 0.0151. The summed E-state index contributed by atoms with van der Waals surface area (Å²) in [5.41, 5.74) is 0. The lowest BCUT2D eigenvalue weighted by Gasteiger charge is -2.34. The normalized spacial score (nSPS) is 33.9. The van der Waals surface area contributed by atoms with E-state index in [4.69, 9.17) is 0 Å². The van der Waals surface area contributed by atoms with E-state index in [1.807, 2.05) is 0 Å². The second-order valence-electron chi connectivity index (χ2n) is 4.31. The van der Waals surface area contributed by atoms with Crippen molar-refractivity contribution < 1.29 is 18.0 Å². The lowest BCUT2D eigenvalue weighted by molar-refractivity contribution is -0.145. The van der Waals surface area contributed by atoms with Crippen molar-refractivity contribution in [2.24, 2.45) is 0 Å². The number of carbonyl (C=O) groups excluding carboxylic acids is 2. The molecule has 2 aliphatic heterocycles. The number of nitrogens with zero attached hydrogens (tertiary/aromatic N) is 1. The van der Waals surface area contributed by atoms with Gasteiger partial charge in [0.1, 0.15) is 6.04 Å². The zero-order valence-corrected chi connectivity index (χ0v) is 9.79. The van der Waals surface area contributed by atoms with Crippen molar-refractivity contribution in [1.29, 1.82) is 0 Å². The van der Waals surface area contributed by atoms with Crippen LogP contribution in [0.15, 0.2) is 0 Å². The van der Waals surface area contributed by atoms with E-state index in [1.54, 1.807) is 6.92 Å². The van der Waals surface area contributed by atoms with E-state index in [2.05, 4.69) is 5.32 Å². The van der Waals surface area contributed by atoms with Gasteiger partial charge in [0.25, 0.3) is 0 Å². The Morgan fingerprint density at radius 3 is 2.62 bits per heavy atom. The Hall–Kier alpha value is -1.11. The first-order valence-electron chi connectivity index (χ1n) is 5.19. The minimum Gasteiger partial charge on any atom is -0.343 e. The van der Waals surface area contributed by atoms with Crippen LogP contribution in [0.25, 0.3) is 0 Å². The van der Waals surface area contributed by atoms with Crippen molar-refractivity contribution in [2.75, 3.05) is 18.1 Å². The summed E-state index contributed by atoms with van der Waals surface area (Å²) in [6.45, 7) is 1.58. The Balaban J connectivity index is 2.15. The molecule has 1 N–H and O–H groups in total. The van der Waals surface area contributed by atoms with Gasteiger partial charge in [0, 0.05) is 6.04 Å². The molecule has 16 heavy (non-hydrogen) atoms. The molecule has 0 aliphatic carbocycles. The van der Waals surface area contributed by atoms with Gasteiger partial charge >= 0.3 is 0 Å². The van der Waals surface area contributed by atoms with Crippen molar-refractivity contribution in [3.63, 3.8) is 0 Å². The van der Waals surface area contributed by atoms with E-state index in [0.29, 0.717) is 6.42 Å². The molecule has 6 nitrogen and oxygen atoms in total. The number of rotatable bonds is 1. The summed E-state index contributed by atoms with van der Waals surface area (Å²) in [5, 5.41) is 2.52. The van der Waals surface area contributed by atoms with Crippen molar-refractivity contribution in [2.45, 2.75) is 25.4 Å². The van der Waals surface area contributed by atoms with Crippen LogP contribution in [0.1, 0.15) is 13.3 Å².